The highest BCUT2D eigenvalue weighted by Gasteiger charge is 2.20. The highest BCUT2D eigenvalue weighted by molar-refractivity contribution is 5.80. The van der Waals surface area contributed by atoms with Gasteiger partial charge in [0, 0.05) is 17.3 Å². The van der Waals surface area contributed by atoms with Crippen molar-refractivity contribution in [1.82, 2.24) is 14.4 Å². The molecule has 0 aliphatic carbocycles. The van der Waals surface area contributed by atoms with Gasteiger partial charge in [-0.3, -0.25) is 4.40 Å². The third-order valence-corrected chi connectivity index (χ3v) is 4.97. The Balaban J connectivity index is 2.26. The van der Waals surface area contributed by atoms with Gasteiger partial charge in [-0.25, -0.2) is 9.97 Å². The van der Waals surface area contributed by atoms with Crippen molar-refractivity contribution < 1.29 is 4.74 Å². The molecule has 138 valence electrons. The fraction of sp³-hybridized carbons (Fsp3) is 0.455. The minimum Gasteiger partial charge on any atom is -0.475 e. The van der Waals surface area contributed by atoms with Gasteiger partial charge < -0.3 is 4.74 Å². The summed E-state index contributed by atoms with van der Waals surface area (Å²) in [6.07, 6.45) is 2.17. The van der Waals surface area contributed by atoms with Gasteiger partial charge in [0.05, 0.1) is 6.10 Å². The van der Waals surface area contributed by atoms with E-state index in [1.165, 1.54) is 22.3 Å². The first-order valence-electron chi connectivity index (χ1n) is 9.47. The lowest BCUT2D eigenvalue weighted by atomic mass is 9.97. The summed E-state index contributed by atoms with van der Waals surface area (Å²) >= 11 is 0. The highest BCUT2D eigenvalue weighted by atomic mass is 16.5. The summed E-state index contributed by atoms with van der Waals surface area (Å²) in [6, 6.07) is 6.43. The molecule has 0 amide bonds. The topological polar surface area (TPSA) is 39.4 Å². The van der Waals surface area contributed by atoms with Crippen molar-refractivity contribution in [2.75, 3.05) is 0 Å². The zero-order chi connectivity index (χ0) is 19.0. The van der Waals surface area contributed by atoms with Crippen LogP contribution in [0.3, 0.4) is 0 Å². The van der Waals surface area contributed by atoms with Crippen LogP contribution in [0.2, 0.25) is 0 Å². The van der Waals surface area contributed by atoms with Gasteiger partial charge in [-0.2, -0.15) is 0 Å². The third-order valence-electron chi connectivity index (χ3n) is 4.97. The standard InChI is InChI=1S/C22H29N3O/c1-8-18(9-2)26-19-12-16(6)23-22-21(24-17(7)25(19)22)20-14(4)10-13(3)11-15(20)5/h10-12,18H,8-9H2,1-7H3. The summed E-state index contributed by atoms with van der Waals surface area (Å²) in [4.78, 5) is 9.71. The van der Waals surface area contributed by atoms with E-state index < -0.39 is 0 Å². The third kappa shape index (κ3) is 3.20. The molecule has 0 radical (unpaired) electrons. The predicted octanol–water partition coefficient (Wildman–Crippen LogP) is 5.51. The van der Waals surface area contributed by atoms with Gasteiger partial charge in [0.25, 0.3) is 0 Å². The van der Waals surface area contributed by atoms with Gasteiger partial charge in [-0.05, 0) is 58.6 Å². The van der Waals surface area contributed by atoms with E-state index in [0.717, 1.165) is 41.6 Å². The van der Waals surface area contributed by atoms with Crippen LogP contribution in [0.25, 0.3) is 16.9 Å². The SMILES string of the molecule is CCC(CC)Oc1cc(C)nc2c(-c3c(C)cc(C)cc3C)nc(C)n12. The molecule has 0 unspecified atom stereocenters. The molecule has 3 aromatic rings. The molecular formula is C22H29N3O. The molecule has 1 aromatic carbocycles. The summed E-state index contributed by atoms with van der Waals surface area (Å²) in [5, 5.41) is 0. The number of fused-ring (bicyclic) bond motifs is 1. The minimum atomic E-state index is 0.202. The zero-order valence-corrected chi connectivity index (χ0v) is 17.0. The Hall–Kier alpha value is -2.36. The van der Waals surface area contributed by atoms with Crippen LogP contribution in [0, 0.1) is 34.6 Å². The summed E-state index contributed by atoms with van der Waals surface area (Å²) in [5.41, 5.74) is 7.66. The highest BCUT2D eigenvalue weighted by Crippen LogP contribution is 2.33. The van der Waals surface area contributed by atoms with Crippen LogP contribution in [0.1, 0.15) is 54.9 Å². The second-order valence-corrected chi connectivity index (χ2v) is 7.23. The average molecular weight is 351 g/mol. The van der Waals surface area contributed by atoms with Gasteiger partial charge in [0.15, 0.2) is 5.65 Å². The monoisotopic (exact) mass is 351 g/mol. The largest absolute Gasteiger partial charge is 0.475 e. The van der Waals surface area contributed by atoms with E-state index in [4.69, 9.17) is 14.7 Å². The minimum absolute atomic E-state index is 0.202. The Bertz CT molecular complexity index is 929. The molecular weight excluding hydrogens is 322 g/mol. The van der Waals surface area contributed by atoms with Crippen LogP contribution >= 0.6 is 0 Å². The smallest absolute Gasteiger partial charge is 0.202 e. The van der Waals surface area contributed by atoms with E-state index in [1.807, 2.05) is 19.9 Å². The van der Waals surface area contributed by atoms with Gasteiger partial charge in [0.2, 0.25) is 5.88 Å². The van der Waals surface area contributed by atoms with Crippen LogP contribution in [-0.2, 0) is 0 Å². The molecule has 0 spiro atoms. The van der Waals surface area contributed by atoms with Crippen molar-refractivity contribution in [3.8, 4) is 17.1 Å². The Morgan fingerprint density at radius 3 is 2.12 bits per heavy atom. The fourth-order valence-corrected chi connectivity index (χ4v) is 3.76. The first-order valence-corrected chi connectivity index (χ1v) is 9.47. The molecule has 0 N–H and O–H groups in total. The van der Waals surface area contributed by atoms with Gasteiger partial charge >= 0.3 is 0 Å². The number of hydrogen-bond acceptors (Lipinski definition) is 3. The molecule has 2 heterocycles. The predicted molar refractivity (Wildman–Crippen MR) is 107 cm³/mol. The molecule has 0 saturated heterocycles. The Labute approximate surface area is 156 Å². The fourth-order valence-electron chi connectivity index (χ4n) is 3.76. The normalized spacial score (nSPS) is 11.5. The van der Waals surface area contributed by atoms with Crippen molar-refractivity contribution in [2.45, 2.75) is 67.4 Å². The molecule has 4 heteroatoms. The van der Waals surface area contributed by atoms with E-state index in [-0.39, 0.29) is 6.10 Å². The van der Waals surface area contributed by atoms with Crippen molar-refractivity contribution in [2.24, 2.45) is 0 Å². The molecule has 0 atom stereocenters. The quantitative estimate of drug-likeness (QED) is 0.609. The van der Waals surface area contributed by atoms with Crippen molar-refractivity contribution in [3.05, 3.63) is 46.4 Å². The molecule has 0 fully saturated rings. The number of imidazole rings is 1. The first kappa shape index (κ1) is 18.4. The summed E-state index contributed by atoms with van der Waals surface area (Å²) < 4.78 is 8.35. The van der Waals surface area contributed by atoms with Crippen LogP contribution in [-0.4, -0.2) is 20.5 Å². The van der Waals surface area contributed by atoms with Crippen LogP contribution in [0.15, 0.2) is 18.2 Å². The molecule has 2 aromatic heterocycles. The summed E-state index contributed by atoms with van der Waals surface area (Å²) in [5.74, 6) is 1.74. The molecule has 26 heavy (non-hydrogen) atoms. The number of benzene rings is 1. The maximum atomic E-state index is 6.30. The van der Waals surface area contributed by atoms with E-state index in [2.05, 4.69) is 51.2 Å². The van der Waals surface area contributed by atoms with Crippen LogP contribution in [0.5, 0.6) is 5.88 Å². The van der Waals surface area contributed by atoms with Crippen LogP contribution in [0.4, 0.5) is 0 Å². The molecule has 0 aliphatic heterocycles. The number of ether oxygens (including phenoxy) is 1. The Morgan fingerprint density at radius 2 is 1.54 bits per heavy atom. The Kier molecular flexibility index (Phi) is 5.03. The number of rotatable bonds is 5. The van der Waals surface area contributed by atoms with Crippen LogP contribution < -0.4 is 4.74 Å². The average Bonchev–Trinajstić information content (AvgIpc) is 2.88. The second kappa shape index (κ2) is 7.10. The van der Waals surface area contributed by atoms with E-state index in [0.29, 0.717) is 0 Å². The van der Waals surface area contributed by atoms with Crippen molar-refractivity contribution >= 4 is 5.65 Å². The molecule has 0 bridgehead atoms. The van der Waals surface area contributed by atoms with E-state index in [9.17, 15) is 0 Å². The number of nitrogens with zero attached hydrogens (tertiary/aromatic N) is 3. The lowest BCUT2D eigenvalue weighted by Crippen LogP contribution is -2.16. The van der Waals surface area contributed by atoms with Crippen molar-refractivity contribution in [3.63, 3.8) is 0 Å². The number of aromatic nitrogens is 3. The first-order chi connectivity index (χ1) is 12.3. The van der Waals surface area contributed by atoms with Gasteiger partial charge in [-0.15, -0.1) is 0 Å². The molecule has 4 nitrogen and oxygen atoms in total. The summed E-state index contributed by atoms with van der Waals surface area (Å²) in [7, 11) is 0. The molecule has 3 rings (SSSR count). The van der Waals surface area contributed by atoms with Gasteiger partial charge in [-0.1, -0.05) is 31.5 Å². The molecule has 0 aliphatic rings. The lowest BCUT2D eigenvalue weighted by molar-refractivity contribution is 0.182. The maximum absolute atomic E-state index is 6.30. The van der Waals surface area contributed by atoms with E-state index >= 15 is 0 Å². The van der Waals surface area contributed by atoms with Gasteiger partial charge in [0.1, 0.15) is 11.5 Å². The lowest BCUT2D eigenvalue weighted by Gasteiger charge is -2.17. The van der Waals surface area contributed by atoms with Crippen molar-refractivity contribution in [1.29, 1.82) is 0 Å². The van der Waals surface area contributed by atoms with E-state index in [1.54, 1.807) is 0 Å². The second-order valence-electron chi connectivity index (χ2n) is 7.23. The number of aryl methyl sites for hydroxylation is 5. The maximum Gasteiger partial charge on any atom is 0.202 e. The Morgan fingerprint density at radius 1 is 0.923 bits per heavy atom. The zero-order valence-electron chi connectivity index (χ0n) is 17.0. The number of hydrogen-bond donors (Lipinski definition) is 0. The molecule has 0 saturated carbocycles. The summed E-state index contributed by atoms with van der Waals surface area (Å²) in [6.45, 7) is 14.8.